The third kappa shape index (κ3) is 4.18. The summed E-state index contributed by atoms with van der Waals surface area (Å²) in [6, 6.07) is 14.1. The van der Waals surface area contributed by atoms with E-state index in [0.717, 1.165) is 11.3 Å². The van der Waals surface area contributed by atoms with Crippen LogP contribution in [0.2, 0.25) is 0 Å². The molecule has 1 aromatic carbocycles. The first-order valence-corrected chi connectivity index (χ1v) is 6.76. The maximum atomic E-state index is 11.5. The van der Waals surface area contributed by atoms with Crippen LogP contribution < -0.4 is 5.32 Å². The van der Waals surface area contributed by atoms with Crippen LogP contribution >= 0.6 is 11.3 Å². The minimum absolute atomic E-state index is 0.0423. The fourth-order valence-corrected chi connectivity index (χ4v) is 2.20. The number of thiophene rings is 1. The van der Waals surface area contributed by atoms with Gasteiger partial charge in [0.05, 0.1) is 0 Å². The molecule has 0 saturated carbocycles. The highest BCUT2D eigenvalue weighted by atomic mass is 32.1. The molecule has 1 N–H and O–H groups in total. The second kappa shape index (κ2) is 6.77. The van der Waals surface area contributed by atoms with E-state index in [0.29, 0.717) is 6.54 Å². The van der Waals surface area contributed by atoms with Crippen molar-refractivity contribution in [1.82, 2.24) is 5.32 Å². The van der Waals surface area contributed by atoms with Gasteiger partial charge in [-0.1, -0.05) is 36.4 Å². The molecule has 92 valence electrons. The molecule has 1 aromatic heterocycles. The van der Waals surface area contributed by atoms with Gasteiger partial charge in [0.1, 0.15) is 0 Å². The topological polar surface area (TPSA) is 29.1 Å². The van der Waals surface area contributed by atoms with E-state index in [-0.39, 0.29) is 5.91 Å². The highest BCUT2D eigenvalue weighted by Crippen LogP contribution is 2.09. The molecule has 1 heterocycles. The number of hydrogen-bond donors (Lipinski definition) is 1. The predicted molar refractivity (Wildman–Crippen MR) is 76.5 cm³/mol. The Morgan fingerprint density at radius 3 is 2.72 bits per heavy atom. The molecule has 0 fully saturated rings. The molecular formula is C15H15NOS. The highest BCUT2D eigenvalue weighted by Gasteiger charge is 1.96. The van der Waals surface area contributed by atoms with Crippen molar-refractivity contribution in [1.29, 1.82) is 0 Å². The van der Waals surface area contributed by atoms with Gasteiger partial charge in [-0.3, -0.25) is 4.79 Å². The Morgan fingerprint density at radius 2 is 2.00 bits per heavy atom. The predicted octanol–water partition coefficient (Wildman–Crippen LogP) is 3.12. The number of carbonyl (C=O) groups excluding carboxylic acids is 1. The molecule has 0 aliphatic heterocycles. The van der Waals surface area contributed by atoms with Crippen LogP contribution in [0.15, 0.2) is 53.9 Å². The third-order valence-electron chi connectivity index (χ3n) is 2.50. The summed E-state index contributed by atoms with van der Waals surface area (Å²) in [5.74, 6) is -0.0423. The van der Waals surface area contributed by atoms with Gasteiger partial charge >= 0.3 is 0 Å². The van der Waals surface area contributed by atoms with E-state index in [1.807, 2.05) is 41.8 Å². The molecule has 1 amide bonds. The molecule has 0 radical (unpaired) electrons. The smallest absolute Gasteiger partial charge is 0.244 e. The average molecular weight is 257 g/mol. The summed E-state index contributed by atoms with van der Waals surface area (Å²) >= 11 is 1.62. The molecule has 0 bridgehead atoms. The summed E-state index contributed by atoms with van der Waals surface area (Å²) in [6.07, 6.45) is 4.28. The molecule has 0 saturated heterocycles. The van der Waals surface area contributed by atoms with E-state index in [1.165, 1.54) is 5.56 Å². The van der Waals surface area contributed by atoms with E-state index < -0.39 is 0 Å². The van der Waals surface area contributed by atoms with Gasteiger partial charge in [0.2, 0.25) is 5.91 Å². The summed E-state index contributed by atoms with van der Waals surface area (Å²) in [4.78, 5) is 12.6. The Balaban J connectivity index is 1.72. The van der Waals surface area contributed by atoms with Gasteiger partial charge in [0.15, 0.2) is 0 Å². The van der Waals surface area contributed by atoms with E-state index in [2.05, 4.69) is 17.4 Å². The molecule has 0 spiro atoms. The van der Waals surface area contributed by atoms with Crippen LogP contribution in [0, 0.1) is 0 Å². The number of rotatable bonds is 5. The van der Waals surface area contributed by atoms with Crippen LogP contribution in [-0.2, 0) is 11.2 Å². The largest absolute Gasteiger partial charge is 0.352 e. The van der Waals surface area contributed by atoms with E-state index in [1.54, 1.807) is 17.4 Å². The van der Waals surface area contributed by atoms with Crippen molar-refractivity contribution in [2.24, 2.45) is 0 Å². The molecule has 2 aromatic rings. The number of nitrogens with one attached hydrogen (secondary N) is 1. The first kappa shape index (κ1) is 12.6. The summed E-state index contributed by atoms with van der Waals surface area (Å²) in [7, 11) is 0. The Labute approximate surface area is 111 Å². The first-order chi connectivity index (χ1) is 8.84. The lowest BCUT2D eigenvalue weighted by molar-refractivity contribution is -0.116. The SMILES string of the molecule is O=C(/C=C/c1cccs1)NCCc1ccccc1. The second-order valence-electron chi connectivity index (χ2n) is 3.88. The average Bonchev–Trinajstić information content (AvgIpc) is 2.91. The normalized spacial score (nSPS) is 10.7. The Hall–Kier alpha value is -1.87. The molecule has 0 aliphatic rings. The van der Waals surface area contributed by atoms with Crippen molar-refractivity contribution in [3.63, 3.8) is 0 Å². The fourth-order valence-electron chi connectivity index (χ4n) is 1.58. The molecule has 0 aliphatic carbocycles. The summed E-state index contributed by atoms with van der Waals surface area (Å²) in [5, 5.41) is 4.87. The molecule has 2 nitrogen and oxygen atoms in total. The summed E-state index contributed by atoms with van der Waals surface area (Å²) in [5.41, 5.74) is 1.24. The zero-order valence-electron chi connectivity index (χ0n) is 10.0. The zero-order chi connectivity index (χ0) is 12.6. The monoisotopic (exact) mass is 257 g/mol. The minimum Gasteiger partial charge on any atom is -0.352 e. The van der Waals surface area contributed by atoms with Crippen molar-refractivity contribution in [2.45, 2.75) is 6.42 Å². The van der Waals surface area contributed by atoms with Crippen LogP contribution in [-0.4, -0.2) is 12.5 Å². The summed E-state index contributed by atoms with van der Waals surface area (Å²) in [6.45, 7) is 0.664. The van der Waals surface area contributed by atoms with Gasteiger partial charge in [0, 0.05) is 17.5 Å². The van der Waals surface area contributed by atoms with E-state index >= 15 is 0 Å². The Kier molecular flexibility index (Phi) is 4.73. The van der Waals surface area contributed by atoms with Crippen molar-refractivity contribution < 1.29 is 4.79 Å². The third-order valence-corrected chi connectivity index (χ3v) is 3.34. The van der Waals surface area contributed by atoms with E-state index in [4.69, 9.17) is 0 Å². The number of benzene rings is 1. The standard InChI is InChI=1S/C15H15NOS/c17-15(9-8-14-7-4-12-18-14)16-11-10-13-5-2-1-3-6-13/h1-9,12H,10-11H2,(H,16,17)/b9-8+. The highest BCUT2D eigenvalue weighted by molar-refractivity contribution is 7.10. The van der Waals surface area contributed by atoms with Crippen LogP contribution in [0.25, 0.3) is 6.08 Å². The number of hydrogen-bond acceptors (Lipinski definition) is 2. The maximum absolute atomic E-state index is 11.5. The summed E-state index contributed by atoms with van der Waals surface area (Å²) < 4.78 is 0. The molecule has 2 rings (SSSR count). The Bertz CT molecular complexity index is 503. The van der Waals surface area contributed by atoms with Gasteiger partial charge in [-0.25, -0.2) is 0 Å². The lowest BCUT2D eigenvalue weighted by Gasteiger charge is -2.02. The van der Waals surface area contributed by atoms with Crippen molar-refractivity contribution in [3.05, 3.63) is 64.4 Å². The minimum atomic E-state index is -0.0423. The van der Waals surface area contributed by atoms with Crippen LogP contribution in [0.1, 0.15) is 10.4 Å². The molecule has 3 heteroatoms. The lowest BCUT2D eigenvalue weighted by atomic mass is 10.1. The van der Waals surface area contributed by atoms with Crippen molar-refractivity contribution >= 4 is 23.3 Å². The molecular weight excluding hydrogens is 242 g/mol. The number of carbonyl (C=O) groups is 1. The van der Waals surface area contributed by atoms with Crippen LogP contribution in [0.4, 0.5) is 0 Å². The lowest BCUT2D eigenvalue weighted by Crippen LogP contribution is -2.23. The zero-order valence-corrected chi connectivity index (χ0v) is 10.8. The van der Waals surface area contributed by atoms with Gasteiger partial charge in [0.25, 0.3) is 0 Å². The Morgan fingerprint density at radius 1 is 1.17 bits per heavy atom. The first-order valence-electron chi connectivity index (χ1n) is 5.88. The van der Waals surface area contributed by atoms with Crippen molar-refractivity contribution in [3.8, 4) is 0 Å². The maximum Gasteiger partial charge on any atom is 0.244 e. The second-order valence-corrected chi connectivity index (χ2v) is 4.85. The van der Waals surface area contributed by atoms with Gasteiger partial charge in [-0.2, -0.15) is 0 Å². The quantitative estimate of drug-likeness (QED) is 0.819. The van der Waals surface area contributed by atoms with E-state index in [9.17, 15) is 4.79 Å². The van der Waals surface area contributed by atoms with Gasteiger partial charge < -0.3 is 5.32 Å². The fraction of sp³-hybridized carbons (Fsp3) is 0.133. The molecule has 0 unspecified atom stereocenters. The molecule has 0 atom stereocenters. The van der Waals surface area contributed by atoms with Gasteiger partial charge in [-0.15, -0.1) is 11.3 Å². The van der Waals surface area contributed by atoms with Crippen LogP contribution in [0.3, 0.4) is 0 Å². The van der Waals surface area contributed by atoms with Crippen LogP contribution in [0.5, 0.6) is 0 Å². The molecule has 18 heavy (non-hydrogen) atoms. The number of amides is 1. The van der Waals surface area contributed by atoms with Crippen molar-refractivity contribution in [2.75, 3.05) is 6.54 Å². The van der Waals surface area contributed by atoms with Gasteiger partial charge in [-0.05, 0) is 29.5 Å².